The Morgan fingerprint density at radius 2 is 2.21 bits per heavy atom. The summed E-state index contributed by atoms with van der Waals surface area (Å²) in [5, 5.41) is 0. The molecule has 0 atom stereocenters. The van der Waals surface area contributed by atoms with E-state index in [-0.39, 0.29) is 24.7 Å². The molecule has 19 heavy (non-hydrogen) atoms. The molecule has 0 unspecified atom stereocenters. The van der Waals surface area contributed by atoms with Crippen LogP contribution in [0.15, 0.2) is 18.8 Å². The van der Waals surface area contributed by atoms with Crippen molar-refractivity contribution in [2.24, 2.45) is 0 Å². The molecular weight excluding hydrogens is 250 g/mol. The Labute approximate surface area is 111 Å². The largest absolute Gasteiger partial charge is 0.466 e. The monoisotopic (exact) mass is 265 g/mol. The van der Waals surface area contributed by atoms with Gasteiger partial charge >= 0.3 is 11.9 Å². The third-order valence-electron chi connectivity index (χ3n) is 2.20. The average Bonchev–Trinajstić information content (AvgIpc) is 2.44. The van der Waals surface area contributed by atoms with Gasteiger partial charge in [-0.05, 0) is 18.6 Å². The molecule has 0 aliphatic heterocycles. The highest BCUT2D eigenvalue weighted by Gasteiger charge is 2.19. The minimum atomic E-state index is -0.578. The van der Waals surface area contributed by atoms with E-state index in [9.17, 15) is 9.59 Å². The second kappa shape index (κ2) is 7.15. The van der Waals surface area contributed by atoms with Crippen molar-refractivity contribution in [2.75, 3.05) is 20.3 Å². The van der Waals surface area contributed by atoms with Crippen LogP contribution >= 0.6 is 0 Å². The maximum atomic E-state index is 11.9. The SMILES string of the molecule is C=Cc1ccnc(OCC(=O)OC)c1C(=O)OCC. The van der Waals surface area contributed by atoms with E-state index >= 15 is 0 Å². The Kier molecular flexibility index (Phi) is 5.53. The first-order valence-corrected chi connectivity index (χ1v) is 5.62. The summed E-state index contributed by atoms with van der Waals surface area (Å²) in [7, 11) is 1.24. The molecule has 0 aromatic carbocycles. The predicted molar refractivity (Wildman–Crippen MR) is 67.8 cm³/mol. The number of hydrogen-bond acceptors (Lipinski definition) is 6. The second-order valence-electron chi connectivity index (χ2n) is 3.37. The summed E-state index contributed by atoms with van der Waals surface area (Å²) < 4.78 is 14.5. The summed E-state index contributed by atoms with van der Waals surface area (Å²) in [6.45, 7) is 5.18. The quantitative estimate of drug-likeness (QED) is 0.725. The van der Waals surface area contributed by atoms with Gasteiger partial charge in [-0.1, -0.05) is 12.7 Å². The van der Waals surface area contributed by atoms with Gasteiger partial charge < -0.3 is 14.2 Å². The van der Waals surface area contributed by atoms with Crippen LogP contribution < -0.4 is 4.74 Å². The lowest BCUT2D eigenvalue weighted by Crippen LogP contribution is -2.16. The summed E-state index contributed by atoms with van der Waals surface area (Å²) in [5.41, 5.74) is 0.663. The minimum absolute atomic E-state index is 0.0150. The molecule has 0 amide bonds. The van der Waals surface area contributed by atoms with Crippen molar-refractivity contribution in [1.29, 1.82) is 0 Å². The first kappa shape index (κ1) is 14.7. The highest BCUT2D eigenvalue weighted by atomic mass is 16.6. The molecule has 102 valence electrons. The predicted octanol–water partition coefficient (Wildman–Crippen LogP) is 1.45. The number of pyridine rings is 1. The molecule has 0 spiro atoms. The molecule has 0 radical (unpaired) electrons. The standard InChI is InChI=1S/C13H15NO5/c1-4-9-6-7-14-12(19-8-10(15)17-3)11(9)13(16)18-5-2/h4,6-7H,1,5,8H2,2-3H3. The molecule has 0 aliphatic carbocycles. The van der Waals surface area contributed by atoms with Gasteiger partial charge in [0.25, 0.3) is 0 Å². The third kappa shape index (κ3) is 3.80. The van der Waals surface area contributed by atoms with Gasteiger partial charge in [0.15, 0.2) is 6.61 Å². The van der Waals surface area contributed by atoms with Crippen LogP contribution in [0, 0.1) is 0 Å². The molecule has 0 saturated carbocycles. The number of methoxy groups -OCH3 is 1. The van der Waals surface area contributed by atoms with E-state index in [2.05, 4.69) is 16.3 Å². The normalized spacial score (nSPS) is 9.58. The zero-order chi connectivity index (χ0) is 14.3. The van der Waals surface area contributed by atoms with E-state index in [4.69, 9.17) is 9.47 Å². The van der Waals surface area contributed by atoms with Crippen LogP contribution in [0.3, 0.4) is 0 Å². The second-order valence-corrected chi connectivity index (χ2v) is 3.37. The molecule has 1 rings (SSSR count). The van der Waals surface area contributed by atoms with Crippen LogP contribution in [-0.2, 0) is 14.3 Å². The Hall–Kier alpha value is -2.37. The Balaban J connectivity index is 3.05. The number of carbonyl (C=O) groups is 2. The fraction of sp³-hybridized carbons (Fsp3) is 0.308. The topological polar surface area (TPSA) is 74.7 Å². The fourth-order valence-electron chi connectivity index (χ4n) is 1.33. The Bertz CT molecular complexity index is 484. The lowest BCUT2D eigenvalue weighted by Gasteiger charge is -2.11. The van der Waals surface area contributed by atoms with Crippen molar-refractivity contribution >= 4 is 18.0 Å². The molecule has 6 nitrogen and oxygen atoms in total. The zero-order valence-electron chi connectivity index (χ0n) is 10.8. The van der Waals surface area contributed by atoms with E-state index in [0.717, 1.165) is 0 Å². The molecule has 0 saturated heterocycles. The summed E-state index contributed by atoms with van der Waals surface area (Å²) in [4.78, 5) is 26.8. The number of nitrogens with zero attached hydrogens (tertiary/aromatic N) is 1. The maximum absolute atomic E-state index is 11.9. The van der Waals surface area contributed by atoms with Gasteiger partial charge in [0.05, 0.1) is 13.7 Å². The molecule has 0 fully saturated rings. The van der Waals surface area contributed by atoms with Crippen LogP contribution in [0.4, 0.5) is 0 Å². The first-order valence-electron chi connectivity index (χ1n) is 5.62. The summed E-state index contributed by atoms with van der Waals surface area (Å²) in [6, 6.07) is 1.60. The van der Waals surface area contributed by atoms with E-state index in [0.29, 0.717) is 5.56 Å². The maximum Gasteiger partial charge on any atom is 0.344 e. The fourth-order valence-corrected chi connectivity index (χ4v) is 1.33. The van der Waals surface area contributed by atoms with E-state index in [1.54, 1.807) is 13.0 Å². The van der Waals surface area contributed by atoms with Crippen LogP contribution in [0.25, 0.3) is 6.08 Å². The van der Waals surface area contributed by atoms with E-state index in [1.165, 1.54) is 19.4 Å². The number of hydrogen-bond donors (Lipinski definition) is 0. The smallest absolute Gasteiger partial charge is 0.344 e. The lowest BCUT2D eigenvalue weighted by molar-refractivity contribution is -0.143. The van der Waals surface area contributed by atoms with Crippen molar-refractivity contribution in [3.05, 3.63) is 30.0 Å². The van der Waals surface area contributed by atoms with Gasteiger partial charge in [0.2, 0.25) is 5.88 Å². The Morgan fingerprint density at radius 3 is 2.79 bits per heavy atom. The van der Waals surface area contributed by atoms with Crippen LogP contribution in [0.2, 0.25) is 0 Å². The van der Waals surface area contributed by atoms with Crippen molar-refractivity contribution in [1.82, 2.24) is 4.98 Å². The molecule has 0 N–H and O–H groups in total. The highest BCUT2D eigenvalue weighted by molar-refractivity contribution is 5.96. The van der Waals surface area contributed by atoms with Crippen molar-refractivity contribution in [3.63, 3.8) is 0 Å². The molecule has 6 heteroatoms. The van der Waals surface area contributed by atoms with Crippen molar-refractivity contribution < 1.29 is 23.8 Å². The van der Waals surface area contributed by atoms with Crippen LogP contribution in [0.1, 0.15) is 22.8 Å². The molecule has 1 heterocycles. The van der Waals surface area contributed by atoms with E-state index in [1.807, 2.05) is 0 Å². The lowest BCUT2D eigenvalue weighted by atomic mass is 10.1. The van der Waals surface area contributed by atoms with Gasteiger partial charge in [0, 0.05) is 6.20 Å². The minimum Gasteiger partial charge on any atom is -0.466 e. The van der Waals surface area contributed by atoms with Gasteiger partial charge in [-0.15, -0.1) is 0 Å². The van der Waals surface area contributed by atoms with Crippen LogP contribution in [0.5, 0.6) is 5.88 Å². The average molecular weight is 265 g/mol. The van der Waals surface area contributed by atoms with Gasteiger partial charge in [0.1, 0.15) is 5.56 Å². The van der Waals surface area contributed by atoms with Crippen molar-refractivity contribution in [3.8, 4) is 5.88 Å². The number of ether oxygens (including phenoxy) is 3. The summed E-state index contributed by atoms with van der Waals surface area (Å²) in [5.74, 6) is -1.13. The van der Waals surface area contributed by atoms with Gasteiger partial charge in [-0.2, -0.15) is 0 Å². The summed E-state index contributed by atoms with van der Waals surface area (Å²) in [6.07, 6.45) is 2.94. The summed E-state index contributed by atoms with van der Waals surface area (Å²) >= 11 is 0. The third-order valence-corrected chi connectivity index (χ3v) is 2.20. The van der Waals surface area contributed by atoms with Crippen molar-refractivity contribution in [2.45, 2.75) is 6.92 Å². The number of esters is 2. The van der Waals surface area contributed by atoms with Gasteiger partial charge in [-0.25, -0.2) is 14.6 Å². The highest BCUT2D eigenvalue weighted by Crippen LogP contribution is 2.21. The number of aromatic nitrogens is 1. The molecule has 0 bridgehead atoms. The zero-order valence-corrected chi connectivity index (χ0v) is 10.8. The van der Waals surface area contributed by atoms with E-state index < -0.39 is 11.9 Å². The first-order chi connectivity index (χ1) is 9.13. The molecule has 1 aromatic heterocycles. The van der Waals surface area contributed by atoms with Gasteiger partial charge in [-0.3, -0.25) is 0 Å². The molecule has 0 aliphatic rings. The number of rotatable bonds is 6. The Morgan fingerprint density at radius 1 is 1.47 bits per heavy atom. The molecule has 1 aromatic rings. The number of carbonyl (C=O) groups excluding carboxylic acids is 2. The van der Waals surface area contributed by atoms with Crippen LogP contribution in [-0.4, -0.2) is 37.2 Å². The molecular formula is C13H15NO5.